The maximum absolute atomic E-state index is 12.2. The Kier molecular flexibility index (Phi) is 5.35. The molecule has 2 rings (SSSR count). The number of rotatable bonds is 6. The summed E-state index contributed by atoms with van der Waals surface area (Å²) in [6, 6.07) is 12.8. The Balaban J connectivity index is 2.03. The van der Waals surface area contributed by atoms with E-state index in [2.05, 4.69) is 17.2 Å². The molecule has 0 aliphatic heterocycles. The van der Waals surface area contributed by atoms with Gasteiger partial charge in [-0.3, -0.25) is 4.79 Å². The van der Waals surface area contributed by atoms with Crippen LogP contribution < -0.4 is 21.1 Å². The highest BCUT2D eigenvalue weighted by atomic mass is 16.5. The molecule has 0 atom stereocenters. The van der Waals surface area contributed by atoms with Gasteiger partial charge in [0.05, 0.1) is 0 Å². The Labute approximate surface area is 133 Å². The first-order chi connectivity index (χ1) is 11.1. The predicted molar refractivity (Wildman–Crippen MR) is 89.7 cm³/mol. The lowest BCUT2D eigenvalue weighted by Crippen LogP contribution is -2.19. The van der Waals surface area contributed by atoms with E-state index in [0.717, 1.165) is 0 Å². The average molecular weight is 311 g/mol. The lowest BCUT2D eigenvalue weighted by atomic mass is 10.2. The first kappa shape index (κ1) is 16.1. The van der Waals surface area contributed by atoms with Crippen molar-refractivity contribution in [3.8, 4) is 5.75 Å². The van der Waals surface area contributed by atoms with Gasteiger partial charge in [-0.1, -0.05) is 18.7 Å². The highest BCUT2D eigenvalue weighted by Gasteiger charge is 2.07. The van der Waals surface area contributed by atoms with Gasteiger partial charge < -0.3 is 21.1 Å². The number of carbonyl (C=O) groups is 2. The maximum atomic E-state index is 12.2. The van der Waals surface area contributed by atoms with E-state index in [9.17, 15) is 9.59 Å². The number of ether oxygens (including phenoxy) is 1. The molecule has 6 heteroatoms. The monoisotopic (exact) mass is 311 g/mol. The third-order valence-corrected chi connectivity index (χ3v) is 2.87. The molecule has 0 aliphatic carbocycles. The van der Waals surface area contributed by atoms with Crippen LogP contribution >= 0.6 is 0 Å². The minimum Gasteiger partial charge on any atom is -0.490 e. The molecule has 0 spiro atoms. The maximum Gasteiger partial charge on any atom is 0.316 e. The number of benzene rings is 2. The summed E-state index contributed by atoms with van der Waals surface area (Å²) < 4.78 is 5.36. The van der Waals surface area contributed by atoms with Crippen LogP contribution in [0.4, 0.5) is 16.2 Å². The summed E-state index contributed by atoms with van der Waals surface area (Å²) in [5, 5.41) is 5.19. The van der Waals surface area contributed by atoms with Crippen LogP contribution in [0.15, 0.2) is 61.2 Å². The van der Waals surface area contributed by atoms with Gasteiger partial charge in [0.15, 0.2) is 0 Å². The zero-order valence-corrected chi connectivity index (χ0v) is 12.4. The number of amides is 3. The fourth-order valence-electron chi connectivity index (χ4n) is 1.88. The molecule has 4 N–H and O–H groups in total. The number of hydrogen-bond acceptors (Lipinski definition) is 3. The first-order valence-corrected chi connectivity index (χ1v) is 6.90. The second-order valence-corrected chi connectivity index (χ2v) is 4.65. The van der Waals surface area contributed by atoms with Crippen molar-refractivity contribution in [2.24, 2.45) is 5.73 Å². The first-order valence-electron chi connectivity index (χ1n) is 6.90. The molecule has 6 nitrogen and oxygen atoms in total. The molecular weight excluding hydrogens is 294 g/mol. The van der Waals surface area contributed by atoms with Gasteiger partial charge in [-0.15, -0.1) is 0 Å². The summed E-state index contributed by atoms with van der Waals surface area (Å²) in [6.07, 6.45) is 1.65. The summed E-state index contributed by atoms with van der Waals surface area (Å²) >= 11 is 0. The third-order valence-electron chi connectivity index (χ3n) is 2.87. The second kappa shape index (κ2) is 7.65. The van der Waals surface area contributed by atoms with Crippen LogP contribution in [-0.2, 0) is 0 Å². The SMILES string of the molecule is C=CCOc1ccc(C(=O)Nc2cccc(NC(N)=O)c2)cc1. The van der Waals surface area contributed by atoms with Gasteiger partial charge >= 0.3 is 6.03 Å². The predicted octanol–water partition coefficient (Wildman–Crippen LogP) is 2.99. The van der Waals surface area contributed by atoms with Gasteiger partial charge in [0.25, 0.3) is 5.91 Å². The number of hydrogen-bond donors (Lipinski definition) is 3. The molecule has 0 aliphatic rings. The molecule has 0 saturated carbocycles. The van der Waals surface area contributed by atoms with Gasteiger partial charge in [0, 0.05) is 16.9 Å². The molecule has 2 aromatic carbocycles. The Hall–Kier alpha value is -3.28. The van der Waals surface area contributed by atoms with Crippen LogP contribution in [0.5, 0.6) is 5.75 Å². The molecule has 0 saturated heterocycles. The lowest BCUT2D eigenvalue weighted by molar-refractivity contribution is 0.102. The van der Waals surface area contributed by atoms with Crippen LogP contribution in [0, 0.1) is 0 Å². The Morgan fingerprint density at radius 2 is 1.74 bits per heavy atom. The summed E-state index contributed by atoms with van der Waals surface area (Å²) in [5.41, 5.74) is 6.60. The number of nitrogens with one attached hydrogen (secondary N) is 2. The number of carbonyl (C=O) groups excluding carboxylic acids is 2. The molecule has 0 fully saturated rings. The lowest BCUT2D eigenvalue weighted by Gasteiger charge is -2.08. The molecule has 118 valence electrons. The van der Waals surface area contributed by atoms with Crippen molar-refractivity contribution in [1.29, 1.82) is 0 Å². The molecule has 0 radical (unpaired) electrons. The molecule has 0 heterocycles. The highest BCUT2D eigenvalue weighted by Crippen LogP contribution is 2.17. The van der Waals surface area contributed by atoms with Crippen molar-refractivity contribution in [3.05, 3.63) is 66.7 Å². The van der Waals surface area contributed by atoms with Crippen molar-refractivity contribution < 1.29 is 14.3 Å². The van der Waals surface area contributed by atoms with Crippen molar-refractivity contribution in [1.82, 2.24) is 0 Å². The summed E-state index contributed by atoms with van der Waals surface area (Å²) in [5.74, 6) is 0.394. The van der Waals surface area contributed by atoms with E-state index in [4.69, 9.17) is 10.5 Å². The molecule has 23 heavy (non-hydrogen) atoms. The highest BCUT2D eigenvalue weighted by molar-refractivity contribution is 6.04. The van der Waals surface area contributed by atoms with E-state index in [1.807, 2.05) is 0 Å². The molecular formula is C17H17N3O3. The summed E-state index contributed by atoms with van der Waals surface area (Å²) in [6.45, 7) is 3.98. The molecule has 0 unspecified atom stereocenters. The molecule has 3 amide bonds. The van der Waals surface area contributed by atoms with Crippen molar-refractivity contribution in [2.45, 2.75) is 0 Å². The summed E-state index contributed by atoms with van der Waals surface area (Å²) in [7, 11) is 0. The number of primary amides is 1. The zero-order valence-electron chi connectivity index (χ0n) is 12.4. The second-order valence-electron chi connectivity index (χ2n) is 4.65. The van der Waals surface area contributed by atoms with Gasteiger partial charge in [0.2, 0.25) is 0 Å². The Morgan fingerprint density at radius 3 is 2.35 bits per heavy atom. The smallest absolute Gasteiger partial charge is 0.316 e. The topological polar surface area (TPSA) is 93.4 Å². The van der Waals surface area contributed by atoms with Gasteiger partial charge in [-0.05, 0) is 42.5 Å². The van der Waals surface area contributed by atoms with Gasteiger partial charge in [-0.25, -0.2) is 4.79 Å². The number of nitrogens with two attached hydrogens (primary N) is 1. The van der Waals surface area contributed by atoms with Gasteiger partial charge in [-0.2, -0.15) is 0 Å². The zero-order chi connectivity index (χ0) is 16.7. The number of urea groups is 1. The fraction of sp³-hybridized carbons (Fsp3) is 0.0588. The quantitative estimate of drug-likeness (QED) is 0.716. The van der Waals surface area contributed by atoms with E-state index < -0.39 is 6.03 Å². The molecule has 0 aromatic heterocycles. The summed E-state index contributed by atoms with van der Waals surface area (Å²) in [4.78, 5) is 23.0. The van der Waals surface area contributed by atoms with Crippen LogP contribution in [0.2, 0.25) is 0 Å². The largest absolute Gasteiger partial charge is 0.490 e. The van der Waals surface area contributed by atoms with Crippen molar-refractivity contribution >= 4 is 23.3 Å². The number of anilines is 2. The van der Waals surface area contributed by atoms with E-state index in [1.54, 1.807) is 54.6 Å². The van der Waals surface area contributed by atoms with Crippen LogP contribution in [-0.4, -0.2) is 18.5 Å². The van der Waals surface area contributed by atoms with Crippen molar-refractivity contribution in [3.63, 3.8) is 0 Å². The van der Waals surface area contributed by atoms with E-state index in [1.165, 1.54) is 0 Å². The van der Waals surface area contributed by atoms with Gasteiger partial charge in [0.1, 0.15) is 12.4 Å². The van der Waals surface area contributed by atoms with Crippen LogP contribution in [0.25, 0.3) is 0 Å². The van der Waals surface area contributed by atoms with Crippen LogP contribution in [0.1, 0.15) is 10.4 Å². The van der Waals surface area contributed by atoms with E-state index in [0.29, 0.717) is 29.3 Å². The van der Waals surface area contributed by atoms with E-state index in [-0.39, 0.29) is 5.91 Å². The Bertz CT molecular complexity index is 711. The minimum atomic E-state index is -0.663. The third kappa shape index (κ3) is 4.89. The molecule has 0 bridgehead atoms. The normalized spacial score (nSPS) is 9.74. The minimum absolute atomic E-state index is 0.267. The standard InChI is InChI=1S/C17H17N3O3/c1-2-10-23-15-8-6-12(7-9-15)16(21)19-13-4-3-5-14(11-13)20-17(18)22/h2-9,11H,1,10H2,(H,19,21)(H3,18,20,22). The average Bonchev–Trinajstić information content (AvgIpc) is 2.53. The van der Waals surface area contributed by atoms with E-state index >= 15 is 0 Å². The molecule has 2 aromatic rings. The van der Waals surface area contributed by atoms with Crippen molar-refractivity contribution in [2.75, 3.05) is 17.2 Å². The Morgan fingerprint density at radius 1 is 1.09 bits per heavy atom. The van der Waals surface area contributed by atoms with Crippen LogP contribution in [0.3, 0.4) is 0 Å². The fourth-order valence-corrected chi connectivity index (χ4v) is 1.88.